The molecule has 0 saturated heterocycles. The third-order valence-electron chi connectivity index (χ3n) is 2.74. The van der Waals surface area contributed by atoms with Crippen molar-refractivity contribution in [1.82, 2.24) is 10.2 Å². The maximum atomic E-state index is 11.2. The summed E-state index contributed by atoms with van der Waals surface area (Å²) in [6.07, 6.45) is 2.08. The molecule has 0 aromatic carbocycles. The molecule has 0 unspecified atom stereocenters. The van der Waals surface area contributed by atoms with E-state index in [0.29, 0.717) is 24.5 Å². The highest BCUT2D eigenvalue weighted by molar-refractivity contribution is 5.91. The van der Waals surface area contributed by atoms with Crippen LogP contribution in [0.1, 0.15) is 41.4 Å². The Labute approximate surface area is 112 Å². The Bertz CT molecular complexity index is 435. The van der Waals surface area contributed by atoms with Gasteiger partial charge in [-0.2, -0.15) is 5.10 Å². The van der Waals surface area contributed by atoms with E-state index >= 15 is 0 Å². The fraction of sp³-hybridized carbons (Fsp3) is 0.615. The molecule has 0 saturated carbocycles. The predicted octanol–water partition coefficient (Wildman–Crippen LogP) is 1.99. The van der Waals surface area contributed by atoms with Gasteiger partial charge in [-0.1, -0.05) is 13.3 Å². The van der Waals surface area contributed by atoms with Crippen LogP contribution >= 0.6 is 0 Å². The molecule has 0 aliphatic rings. The lowest BCUT2D eigenvalue weighted by Crippen LogP contribution is -2.14. The zero-order chi connectivity index (χ0) is 14.3. The fourth-order valence-electron chi connectivity index (χ4n) is 1.49. The molecule has 0 amide bonds. The van der Waals surface area contributed by atoms with Crippen molar-refractivity contribution in [2.45, 2.75) is 33.6 Å². The van der Waals surface area contributed by atoms with Gasteiger partial charge >= 0.3 is 5.97 Å². The summed E-state index contributed by atoms with van der Waals surface area (Å²) >= 11 is 0. The first-order chi connectivity index (χ1) is 9.07. The molecule has 1 heterocycles. The Kier molecular flexibility index (Phi) is 6.21. The van der Waals surface area contributed by atoms with Gasteiger partial charge in [-0.05, 0) is 25.8 Å². The number of nitrogens with zero attached hydrogens (tertiary/aromatic N) is 2. The van der Waals surface area contributed by atoms with E-state index in [1.54, 1.807) is 13.8 Å². The minimum absolute atomic E-state index is 0.0506. The molecule has 0 spiro atoms. The number of ether oxygens (including phenoxy) is 2. The maximum Gasteiger partial charge on any atom is 0.341 e. The summed E-state index contributed by atoms with van der Waals surface area (Å²) in [5.41, 5.74) is 1.23. The van der Waals surface area contributed by atoms with E-state index in [1.165, 1.54) is 0 Å². The topological polar surface area (TPSA) is 81.5 Å². The highest BCUT2D eigenvalue weighted by Crippen LogP contribution is 2.20. The van der Waals surface area contributed by atoms with Gasteiger partial charge in [0.1, 0.15) is 12.2 Å². The highest BCUT2D eigenvalue weighted by atomic mass is 16.5. The first-order valence-electron chi connectivity index (χ1n) is 6.35. The van der Waals surface area contributed by atoms with Gasteiger partial charge in [0.05, 0.1) is 12.3 Å². The molecule has 1 N–H and O–H groups in total. The number of carbonyl (C=O) groups is 1. The summed E-state index contributed by atoms with van der Waals surface area (Å²) in [6, 6.07) is 0. The zero-order valence-corrected chi connectivity index (χ0v) is 11.6. The van der Waals surface area contributed by atoms with Crippen molar-refractivity contribution < 1.29 is 19.4 Å². The number of aryl methyl sites for hydroxylation is 1. The van der Waals surface area contributed by atoms with E-state index in [2.05, 4.69) is 17.1 Å². The molecule has 0 bridgehead atoms. The summed E-state index contributed by atoms with van der Waals surface area (Å²) in [6.45, 7) is 6.85. The molecule has 6 heteroatoms. The second-order valence-electron chi connectivity index (χ2n) is 4.21. The number of hydrogen-bond acceptors (Lipinski definition) is 5. The minimum atomic E-state index is -1.06. The standard InChI is InChI=1S/C13H20N2O4/c1-4-5-6-18-7-8-19-12-11(13(16)17)9(2)10(3)14-15-12/h4-8H2,1-3H3,(H,16,17). The van der Waals surface area contributed by atoms with E-state index in [9.17, 15) is 4.79 Å². The van der Waals surface area contributed by atoms with Crippen LogP contribution in [0.4, 0.5) is 0 Å². The second kappa shape index (κ2) is 7.68. The number of aromatic nitrogens is 2. The number of carboxylic acid groups (broad SMARTS) is 1. The van der Waals surface area contributed by atoms with Gasteiger partial charge in [0.25, 0.3) is 0 Å². The average Bonchev–Trinajstić information content (AvgIpc) is 2.37. The molecular formula is C13H20N2O4. The minimum Gasteiger partial charge on any atom is -0.477 e. The van der Waals surface area contributed by atoms with Crippen molar-refractivity contribution in [3.05, 3.63) is 16.8 Å². The Hall–Kier alpha value is -1.69. The van der Waals surface area contributed by atoms with Crippen LogP contribution in [-0.2, 0) is 4.74 Å². The normalized spacial score (nSPS) is 10.5. The van der Waals surface area contributed by atoms with Crippen molar-refractivity contribution in [3.8, 4) is 5.88 Å². The molecule has 0 aliphatic heterocycles. The maximum absolute atomic E-state index is 11.2. The molecule has 6 nitrogen and oxygen atoms in total. The Morgan fingerprint density at radius 3 is 2.58 bits per heavy atom. The van der Waals surface area contributed by atoms with Crippen LogP contribution < -0.4 is 4.74 Å². The summed E-state index contributed by atoms with van der Waals surface area (Å²) in [7, 11) is 0. The van der Waals surface area contributed by atoms with E-state index < -0.39 is 5.97 Å². The van der Waals surface area contributed by atoms with Crippen molar-refractivity contribution in [2.24, 2.45) is 0 Å². The van der Waals surface area contributed by atoms with Crippen molar-refractivity contribution >= 4 is 5.97 Å². The van der Waals surface area contributed by atoms with Crippen LogP contribution in [0.5, 0.6) is 5.88 Å². The summed E-state index contributed by atoms with van der Waals surface area (Å²) in [5, 5.41) is 16.8. The average molecular weight is 268 g/mol. The fourth-order valence-corrected chi connectivity index (χ4v) is 1.49. The third kappa shape index (κ3) is 4.48. The van der Waals surface area contributed by atoms with Crippen LogP contribution in [0.25, 0.3) is 0 Å². The monoisotopic (exact) mass is 268 g/mol. The van der Waals surface area contributed by atoms with E-state index in [4.69, 9.17) is 14.6 Å². The van der Waals surface area contributed by atoms with E-state index in [0.717, 1.165) is 12.8 Å². The smallest absolute Gasteiger partial charge is 0.341 e. The molecule has 1 aromatic rings. The Balaban J connectivity index is 2.58. The molecule has 1 aromatic heterocycles. The number of rotatable bonds is 8. The summed E-state index contributed by atoms with van der Waals surface area (Å²) in [4.78, 5) is 11.2. The van der Waals surface area contributed by atoms with Crippen molar-refractivity contribution in [3.63, 3.8) is 0 Å². The summed E-state index contributed by atoms with van der Waals surface area (Å²) in [5.74, 6) is -1.01. The van der Waals surface area contributed by atoms with E-state index in [1.807, 2.05) is 0 Å². The van der Waals surface area contributed by atoms with Gasteiger partial charge < -0.3 is 14.6 Å². The molecular weight excluding hydrogens is 248 g/mol. The molecule has 0 atom stereocenters. The molecule has 19 heavy (non-hydrogen) atoms. The third-order valence-corrected chi connectivity index (χ3v) is 2.74. The van der Waals surface area contributed by atoms with E-state index in [-0.39, 0.29) is 18.1 Å². The van der Waals surface area contributed by atoms with Gasteiger partial charge in [0.15, 0.2) is 0 Å². The Morgan fingerprint density at radius 2 is 1.95 bits per heavy atom. The molecule has 1 rings (SSSR count). The predicted molar refractivity (Wildman–Crippen MR) is 69.7 cm³/mol. The number of carboxylic acids is 1. The van der Waals surface area contributed by atoms with Gasteiger partial charge in [0.2, 0.25) is 5.88 Å². The van der Waals surface area contributed by atoms with Crippen LogP contribution in [-0.4, -0.2) is 41.1 Å². The number of unbranched alkanes of at least 4 members (excludes halogenated alkanes) is 1. The van der Waals surface area contributed by atoms with Crippen LogP contribution in [0.2, 0.25) is 0 Å². The lowest BCUT2D eigenvalue weighted by molar-refractivity contribution is 0.0680. The van der Waals surface area contributed by atoms with Gasteiger partial charge in [-0.25, -0.2) is 4.79 Å². The summed E-state index contributed by atoms with van der Waals surface area (Å²) < 4.78 is 10.7. The molecule has 0 fully saturated rings. The first kappa shape index (κ1) is 15.4. The first-order valence-corrected chi connectivity index (χ1v) is 6.35. The Morgan fingerprint density at radius 1 is 1.21 bits per heavy atom. The highest BCUT2D eigenvalue weighted by Gasteiger charge is 2.18. The second-order valence-corrected chi connectivity index (χ2v) is 4.21. The SMILES string of the molecule is CCCCOCCOc1nnc(C)c(C)c1C(=O)O. The van der Waals surface area contributed by atoms with Crippen LogP contribution in [0.3, 0.4) is 0 Å². The lowest BCUT2D eigenvalue weighted by atomic mass is 10.1. The van der Waals surface area contributed by atoms with Gasteiger partial charge in [-0.15, -0.1) is 5.10 Å². The largest absolute Gasteiger partial charge is 0.477 e. The van der Waals surface area contributed by atoms with Gasteiger partial charge in [0, 0.05) is 6.61 Å². The quantitative estimate of drug-likeness (QED) is 0.726. The zero-order valence-electron chi connectivity index (χ0n) is 11.6. The van der Waals surface area contributed by atoms with Gasteiger partial charge in [-0.3, -0.25) is 0 Å². The van der Waals surface area contributed by atoms with Crippen molar-refractivity contribution in [1.29, 1.82) is 0 Å². The lowest BCUT2D eigenvalue weighted by Gasteiger charge is -2.10. The molecule has 0 aliphatic carbocycles. The van der Waals surface area contributed by atoms with Crippen molar-refractivity contribution in [2.75, 3.05) is 19.8 Å². The molecule has 0 radical (unpaired) electrons. The molecule has 106 valence electrons. The van der Waals surface area contributed by atoms with Crippen LogP contribution in [0.15, 0.2) is 0 Å². The van der Waals surface area contributed by atoms with Crippen LogP contribution in [0, 0.1) is 13.8 Å². The number of aromatic carboxylic acids is 1. The number of hydrogen-bond donors (Lipinski definition) is 1.